The van der Waals surface area contributed by atoms with Crippen LogP contribution in [0.5, 0.6) is 0 Å². The molecule has 2 N–H and O–H groups in total. The van der Waals surface area contributed by atoms with Gasteiger partial charge >= 0.3 is 6.09 Å². The summed E-state index contributed by atoms with van der Waals surface area (Å²) in [6.45, 7) is 8.96. The summed E-state index contributed by atoms with van der Waals surface area (Å²) in [6, 6.07) is 0.301. The highest BCUT2D eigenvalue weighted by Crippen LogP contribution is 2.20. The van der Waals surface area contributed by atoms with Crippen molar-refractivity contribution in [1.29, 1.82) is 0 Å². The number of nitrogens with two attached hydrogens (primary N) is 1. The van der Waals surface area contributed by atoms with Crippen LogP contribution in [-0.2, 0) is 9.57 Å². The van der Waals surface area contributed by atoms with Gasteiger partial charge in [-0.3, -0.25) is 4.84 Å². The average molecular weight is 301 g/mol. The third-order valence-corrected chi connectivity index (χ3v) is 3.57. The Balaban J connectivity index is 2.29. The SMILES string of the molecule is CCN(CCON(N)C1CCCCC1)C(=O)OC(C)(C)C. The van der Waals surface area contributed by atoms with E-state index in [1.165, 1.54) is 24.4 Å². The zero-order valence-electron chi connectivity index (χ0n) is 13.9. The van der Waals surface area contributed by atoms with Crippen LogP contribution in [0, 0.1) is 0 Å². The van der Waals surface area contributed by atoms with Gasteiger partial charge in [0.25, 0.3) is 0 Å². The molecule has 0 aliphatic heterocycles. The quantitative estimate of drug-likeness (QED) is 0.603. The van der Waals surface area contributed by atoms with Gasteiger partial charge in [-0.1, -0.05) is 19.3 Å². The summed E-state index contributed by atoms with van der Waals surface area (Å²) in [5.74, 6) is 5.93. The van der Waals surface area contributed by atoms with E-state index in [2.05, 4.69) is 0 Å². The molecule has 0 radical (unpaired) electrons. The van der Waals surface area contributed by atoms with Crippen LogP contribution >= 0.6 is 0 Å². The van der Waals surface area contributed by atoms with E-state index in [4.69, 9.17) is 15.4 Å². The molecule has 1 saturated carbocycles. The Morgan fingerprint density at radius 3 is 2.38 bits per heavy atom. The largest absolute Gasteiger partial charge is 0.444 e. The van der Waals surface area contributed by atoms with Gasteiger partial charge in [-0.05, 0) is 40.5 Å². The number of nitrogens with zero attached hydrogens (tertiary/aromatic N) is 2. The summed E-state index contributed by atoms with van der Waals surface area (Å²) in [4.78, 5) is 19.2. The Bertz CT molecular complexity index is 312. The standard InChI is InChI=1S/C15H31N3O3/c1-5-17(14(19)21-15(2,3)4)11-12-20-18(16)13-9-7-6-8-10-13/h13H,5-12,16H2,1-4H3. The molecule has 1 fully saturated rings. The number of ether oxygens (including phenoxy) is 1. The first-order valence-electron chi connectivity index (χ1n) is 7.98. The molecule has 0 aromatic heterocycles. The lowest BCUT2D eigenvalue weighted by atomic mass is 9.96. The topological polar surface area (TPSA) is 68.0 Å². The first kappa shape index (κ1) is 18.2. The van der Waals surface area contributed by atoms with Crippen molar-refractivity contribution in [2.75, 3.05) is 19.7 Å². The van der Waals surface area contributed by atoms with E-state index in [9.17, 15) is 4.79 Å². The highest BCUT2D eigenvalue weighted by atomic mass is 16.7. The Morgan fingerprint density at radius 2 is 1.86 bits per heavy atom. The van der Waals surface area contributed by atoms with Crippen LogP contribution in [-0.4, -0.2) is 47.5 Å². The van der Waals surface area contributed by atoms with Gasteiger partial charge in [-0.2, -0.15) is 0 Å². The Labute approximate surface area is 128 Å². The lowest BCUT2D eigenvalue weighted by Gasteiger charge is -2.30. The van der Waals surface area contributed by atoms with E-state index in [1.54, 1.807) is 4.90 Å². The summed E-state index contributed by atoms with van der Waals surface area (Å²) in [5, 5.41) is 1.47. The predicted octanol–water partition coefficient (Wildman–Crippen LogP) is 2.68. The lowest BCUT2D eigenvalue weighted by molar-refractivity contribution is -0.197. The number of carbonyl (C=O) groups excluding carboxylic acids is 1. The van der Waals surface area contributed by atoms with Gasteiger partial charge in [0.15, 0.2) is 0 Å². The third kappa shape index (κ3) is 7.11. The van der Waals surface area contributed by atoms with E-state index in [-0.39, 0.29) is 6.09 Å². The highest BCUT2D eigenvalue weighted by Gasteiger charge is 2.22. The molecule has 0 atom stereocenters. The highest BCUT2D eigenvalue weighted by molar-refractivity contribution is 5.68. The third-order valence-electron chi connectivity index (χ3n) is 3.57. The Kier molecular flexibility index (Phi) is 7.42. The van der Waals surface area contributed by atoms with E-state index >= 15 is 0 Å². The number of hydrogen-bond donors (Lipinski definition) is 1. The van der Waals surface area contributed by atoms with Gasteiger partial charge in [0.2, 0.25) is 0 Å². The lowest BCUT2D eigenvalue weighted by Crippen LogP contribution is -2.44. The van der Waals surface area contributed by atoms with Gasteiger partial charge in [-0.25, -0.2) is 10.6 Å². The van der Waals surface area contributed by atoms with E-state index in [1.807, 2.05) is 27.7 Å². The number of hydrogen-bond acceptors (Lipinski definition) is 5. The molecule has 0 aromatic carbocycles. The zero-order valence-corrected chi connectivity index (χ0v) is 13.9. The summed E-state index contributed by atoms with van der Waals surface area (Å²) in [6.07, 6.45) is 5.56. The molecule has 0 bridgehead atoms. The number of rotatable bonds is 6. The van der Waals surface area contributed by atoms with E-state index in [0.717, 1.165) is 12.8 Å². The maximum absolute atomic E-state index is 12.0. The van der Waals surface area contributed by atoms with Crippen molar-refractivity contribution in [3.8, 4) is 0 Å². The molecule has 1 aliphatic rings. The molecular weight excluding hydrogens is 270 g/mol. The van der Waals surface area contributed by atoms with Gasteiger partial charge < -0.3 is 9.64 Å². The van der Waals surface area contributed by atoms with Gasteiger partial charge in [0.05, 0.1) is 12.6 Å². The molecule has 0 unspecified atom stereocenters. The second-order valence-corrected chi connectivity index (χ2v) is 6.54. The normalized spacial score (nSPS) is 17.0. The number of hydroxylamine groups is 1. The van der Waals surface area contributed by atoms with Crippen LogP contribution < -0.4 is 5.84 Å². The molecule has 6 nitrogen and oxygen atoms in total. The van der Waals surface area contributed by atoms with Crippen molar-refractivity contribution in [3.63, 3.8) is 0 Å². The summed E-state index contributed by atoms with van der Waals surface area (Å²) in [7, 11) is 0. The molecule has 0 spiro atoms. The molecule has 1 aliphatic carbocycles. The Hall–Kier alpha value is -0.850. The van der Waals surface area contributed by atoms with Gasteiger partial charge in [0, 0.05) is 13.1 Å². The second kappa shape index (κ2) is 8.56. The minimum absolute atomic E-state index is 0.301. The van der Waals surface area contributed by atoms with Crippen LogP contribution in [0.3, 0.4) is 0 Å². The van der Waals surface area contributed by atoms with Crippen LogP contribution in [0.2, 0.25) is 0 Å². The summed E-state index contributed by atoms with van der Waals surface area (Å²) in [5.41, 5.74) is -0.479. The summed E-state index contributed by atoms with van der Waals surface area (Å²) < 4.78 is 5.35. The molecule has 6 heteroatoms. The van der Waals surface area contributed by atoms with Gasteiger partial charge in [0.1, 0.15) is 5.60 Å². The minimum atomic E-state index is -0.479. The first-order valence-corrected chi connectivity index (χ1v) is 7.98. The van der Waals surface area contributed by atoms with Crippen molar-refractivity contribution in [2.24, 2.45) is 5.84 Å². The van der Waals surface area contributed by atoms with Crippen molar-refractivity contribution in [1.82, 2.24) is 10.1 Å². The van der Waals surface area contributed by atoms with Crippen LogP contribution in [0.1, 0.15) is 59.8 Å². The number of likely N-dealkylation sites (N-methyl/N-ethyl adjacent to an activating group) is 1. The summed E-state index contributed by atoms with van der Waals surface area (Å²) >= 11 is 0. The van der Waals surface area contributed by atoms with E-state index < -0.39 is 5.60 Å². The molecule has 124 valence electrons. The second-order valence-electron chi connectivity index (χ2n) is 6.54. The average Bonchev–Trinajstić information content (AvgIpc) is 2.42. The van der Waals surface area contributed by atoms with Crippen LogP contribution in [0.4, 0.5) is 4.79 Å². The Morgan fingerprint density at radius 1 is 1.24 bits per heavy atom. The van der Waals surface area contributed by atoms with Crippen LogP contribution in [0.15, 0.2) is 0 Å². The maximum Gasteiger partial charge on any atom is 0.410 e. The molecule has 0 aromatic rings. The zero-order chi connectivity index (χ0) is 15.9. The molecule has 0 heterocycles. The van der Waals surface area contributed by atoms with Crippen molar-refractivity contribution in [3.05, 3.63) is 0 Å². The monoisotopic (exact) mass is 301 g/mol. The minimum Gasteiger partial charge on any atom is -0.444 e. The fraction of sp³-hybridized carbons (Fsp3) is 0.933. The molecule has 21 heavy (non-hydrogen) atoms. The van der Waals surface area contributed by atoms with Crippen molar-refractivity contribution in [2.45, 2.75) is 71.4 Å². The maximum atomic E-state index is 12.0. The number of amides is 1. The fourth-order valence-electron chi connectivity index (χ4n) is 2.40. The molecule has 1 amide bonds. The van der Waals surface area contributed by atoms with Crippen molar-refractivity contribution >= 4 is 6.09 Å². The number of hydrazine groups is 1. The smallest absolute Gasteiger partial charge is 0.410 e. The molecular formula is C15H31N3O3. The molecule has 1 rings (SSSR count). The first-order chi connectivity index (χ1) is 9.83. The predicted molar refractivity (Wildman–Crippen MR) is 82.3 cm³/mol. The van der Waals surface area contributed by atoms with Crippen molar-refractivity contribution < 1.29 is 14.4 Å². The number of carbonyl (C=O) groups is 1. The van der Waals surface area contributed by atoms with Gasteiger partial charge in [-0.15, -0.1) is 5.17 Å². The fourth-order valence-corrected chi connectivity index (χ4v) is 2.40. The van der Waals surface area contributed by atoms with Crippen LogP contribution in [0.25, 0.3) is 0 Å². The van der Waals surface area contributed by atoms with E-state index in [0.29, 0.717) is 25.7 Å². The molecule has 0 saturated heterocycles.